The Morgan fingerprint density at radius 3 is 2.65 bits per heavy atom. The number of hydrogen-bond acceptors (Lipinski definition) is 3. The maximum absolute atomic E-state index is 6.12. The summed E-state index contributed by atoms with van der Waals surface area (Å²) in [5, 5.41) is 1.12. The molecular weight excluding hydrogens is 248 g/mol. The van der Waals surface area contributed by atoms with Crippen molar-refractivity contribution in [3.8, 4) is 0 Å². The summed E-state index contributed by atoms with van der Waals surface area (Å²) in [4.78, 5) is 8.90. The summed E-state index contributed by atoms with van der Waals surface area (Å²) in [6.45, 7) is 7.60. The molecule has 2 heterocycles. The molecule has 1 atom stereocenters. The quantitative estimate of drug-likeness (QED) is 0.791. The number of nitrogen functional groups attached to an aromatic ring is 1. The third-order valence-electron chi connectivity index (χ3n) is 4.12. The van der Waals surface area contributed by atoms with Gasteiger partial charge in [0.25, 0.3) is 0 Å². The van der Waals surface area contributed by atoms with E-state index in [0.717, 1.165) is 28.5 Å². The van der Waals surface area contributed by atoms with Crippen molar-refractivity contribution in [2.75, 3.05) is 5.73 Å². The highest BCUT2D eigenvalue weighted by Crippen LogP contribution is 2.27. The van der Waals surface area contributed by atoms with E-state index >= 15 is 0 Å². The molecule has 0 bridgehead atoms. The van der Waals surface area contributed by atoms with Gasteiger partial charge in [-0.1, -0.05) is 39.0 Å². The second-order valence-electron chi connectivity index (χ2n) is 5.81. The maximum Gasteiger partial charge on any atom is 0.201 e. The van der Waals surface area contributed by atoms with E-state index in [1.807, 2.05) is 24.4 Å². The van der Waals surface area contributed by atoms with E-state index in [4.69, 9.17) is 5.73 Å². The molecule has 0 radical (unpaired) electrons. The number of hydrogen-bond donors (Lipinski definition) is 1. The van der Waals surface area contributed by atoms with Gasteiger partial charge in [0.1, 0.15) is 5.52 Å². The molecule has 0 fully saturated rings. The number of anilines is 1. The Bertz CT molecular complexity index is 758. The van der Waals surface area contributed by atoms with Gasteiger partial charge in [-0.05, 0) is 17.9 Å². The summed E-state index contributed by atoms with van der Waals surface area (Å²) in [6, 6.07) is 8.14. The van der Waals surface area contributed by atoms with Crippen LogP contribution >= 0.6 is 0 Å². The highest BCUT2D eigenvalue weighted by molar-refractivity contribution is 6.02. The number of nitrogens with two attached hydrogens (primary N) is 1. The van der Waals surface area contributed by atoms with Crippen molar-refractivity contribution < 1.29 is 0 Å². The van der Waals surface area contributed by atoms with Gasteiger partial charge < -0.3 is 10.3 Å². The van der Waals surface area contributed by atoms with Crippen molar-refractivity contribution in [2.45, 2.75) is 27.3 Å². The topological polar surface area (TPSA) is 56.7 Å². The summed E-state index contributed by atoms with van der Waals surface area (Å²) in [7, 11) is 0. The lowest BCUT2D eigenvalue weighted by atomic mass is 9.98. The lowest BCUT2D eigenvalue weighted by Gasteiger charge is -2.17. The average Bonchev–Trinajstić information content (AvgIpc) is 2.75. The summed E-state index contributed by atoms with van der Waals surface area (Å²) in [5.74, 6) is 1.73. The zero-order chi connectivity index (χ0) is 14.3. The minimum Gasteiger partial charge on any atom is -0.369 e. The van der Waals surface area contributed by atoms with E-state index in [-0.39, 0.29) is 0 Å². The molecule has 3 aromatic rings. The van der Waals surface area contributed by atoms with E-state index in [1.165, 1.54) is 0 Å². The molecule has 0 aliphatic rings. The zero-order valence-electron chi connectivity index (χ0n) is 12.2. The summed E-state index contributed by atoms with van der Waals surface area (Å²) in [5.41, 5.74) is 9.07. The second kappa shape index (κ2) is 4.78. The standard InChI is InChI=1S/C16H20N4/c1-10(2)11(3)9-20-15-12-6-4-5-7-13(12)18-8-14(15)19-16(20)17/h4-8,10-11H,9H2,1-3H3,(H2,17,19). The molecule has 4 heteroatoms. The Labute approximate surface area is 118 Å². The van der Waals surface area contributed by atoms with Gasteiger partial charge in [0.05, 0.1) is 17.2 Å². The van der Waals surface area contributed by atoms with Crippen LogP contribution in [0.25, 0.3) is 21.9 Å². The van der Waals surface area contributed by atoms with Crippen molar-refractivity contribution in [3.63, 3.8) is 0 Å². The molecule has 0 aliphatic carbocycles. The molecular formula is C16H20N4. The van der Waals surface area contributed by atoms with Gasteiger partial charge in [-0.3, -0.25) is 4.98 Å². The summed E-state index contributed by atoms with van der Waals surface area (Å²) in [6.07, 6.45) is 1.81. The number of fused-ring (bicyclic) bond motifs is 3. The molecule has 4 nitrogen and oxygen atoms in total. The Balaban J connectivity index is 2.24. The Morgan fingerprint density at radius 1 is 1.15 bits per heavy atom. The van der Waals surface area contributed by atoms with Gasteiger partial charge in [0, 0.05) is 11.9 Å². The molecule has 3 rings (SSSR count). The number of rotatable bonds is 3. The molecule has 0 saturated heterocycles. The molecule has 104 valence electrons. The van der Waals surface area contributed by atoms with E-state index in [0.29, 0.717) is 17.8 Å². The first-order valence-corrected chi connectivity index (χ1v) is 7.07. The van der Waals surface area contributed by atoms with Crippen molar-refractivity contribution in [1.82, 2.24) is 14.5 Å². The molecule has 2 N–H and O–H groups in total. The predicted octanol–water partition coefficient (Wildman–Crippen LogP) is 3.46. The Morgan fingerprint density at radius 2 is 1.90 bits per heavy atom. The zero-order valence-corrected chi connectivity index (χ0v) is 12.2. The Kier molecular flexibility index (Phi) is 3.08. The highest BCUT2D eigenvalue weighted by atomic mass is 15.2. The first-order chi connectivity index (χ1) is 9.58. The number of benzene rings is 1. The van der Waals surface area contributed by atoms with E-state index in [9.17, 15) is 0 Å². The van der Waals surface area contributed by atoms with E-state index in [1.54, 1.807) is 0 Å². The van der Waals surface area contributed by atoms with Crippen LogP contribution < -0.4 is 5.73 Å². The average molecular weight is 268 g/mol. The van der Waals surface area contributed by atoms with Gasteiger partial charge in [-0.25, -0.2) is 4.98 Å². The van der Waals surface area contributed by atoms with Gasteiger partial charge >= 0.3 is 0 Å². The van der Waals surface area contributed by atoms with Crippen LogP contribution in [0.15, 0.2) is 30.5 Å². The van der Waals surface area contributed by atoms with Gasteiger partial charge in [-0.2, -0.15) is 0 Å². The lowest BCUT2D eigenvalue weighted by Crippen LogP contribution is -2.14. The van der Waals surface area contributed by atoms with Gasteiger partial charge in [0.15, 0.2) is 0 Å². The number of para-hydroxylation sites is 1. The van der Waals surface area contributed by atoms with Crippen LogP contribution in [0.5, 0.6) is 0 Å². The molecule has 1 aromatic carbocycles. The fourth-order valence-electron chi connectivity index (χ4n) is 2.46. The maximum atomic E-state index is 6.12. The number of imidazole rings is 1. The molecule has 2 aromatic heterocycles. The minimum absolute atomic E-state index is 0.543. The SMILES string of the molecule is CC(C)C(C)Cn1c(N)nc2cnc3ccccc3c21. The summed E-state index contributed by atoms with van der Waals surface area (Å²) >= 11 is 0. The van der Waals surface area contributed by atoms with Crippen molar-refractivity contribution in [3.05, 3.63) is 30.5 Å². The fourth-order valence-corrected chi connectivity index (χ4v) is 2.46. The van der Waals surface area contributed by atoms with E-state index < -0.39 is 0 Å². The molecule has 20 heavy (non-hydrogen) atoms. The van der Waals surface area contributed by atoms with Crippen LogP contribution in [0.1, 0.15) is 20.8 Å². The van der Waals surface area contributed by atoms with Crippen LogP contribution in [-0.2, 0) is 6.54 Å². The van der Waals surface area contributed by atoms with E-state index in [2.05, 4.69) is 41.4 Å². The first kappa shape index (κ1) is 12.9. The van der Waals surface area contributed by atoms with Crippen LogP contribution in [-0.4, -0.2) is 14.5 Å². The van der Waals surface area contributed by atoms with Crippen LogP contribution in [0, 0.1) is 11.8 Å². The van der Waals surface area contributed by atoms with Crippen molar-refractivity contribution >= 4 is 27.9 Å². The fraction of sp³-hybridized carbons (Fsp3) is 0.375. The molecule has 0 spiro atoms. The normalized spacial score (nSPS) is 13.4. The van der Waals surface area contributed by atoms with Gasteiger partial charge in [0.2, 0.25) is 5.95 Å². The second-order valence-corrected chi connectivity index (χ2v) is 5.81. The molecule has 0 amide bonds. The number of pyridine rings is 1. The molecule has 0 aliphatic heterocycles. The van der Waals surface area contributed by atoms with Gasteiger partial charge in [-0.15, -0.1) is 0 Å². The molecule has 1 unspecified atom stereocenters. The van der Waals surface area contributed by atoms with Crippen LogP contribution in [0.4, 0.5) is 5.95 Å². The molecule has 0 saturated carbocycles. The predicted molar refractivity (Wildman–Crippen MR) is 83.4 cm³/mol. The smallest absolute Gasteiger partial charge is 0.201 e. The largest absolute Gasteiger partial charge is 0.369 e. The number of nitrogens with zero attached hydrogens (tertiary/aromatic N) is 3. The van der Waals surface area contributed by atoms with Crippen LogP contribution in [0.2, 0.25) is 0 Å². The monoisotopic (exact) mass is 268 g/mol. The highest BCUT2D eigenvalue weighted by Gasteiger charge is 2.15. The third-order valence-corrected chi connectivity index (χ3v) is 4.12. The minimum atomic E-state index is 0.543. The Hall–Kier alpha value is -2.10. The number of aromatic nitrogens is 3. The third kappa shape index (κ3) is 2.01. The van der Waals surface area contributed by atoms with Crippen molar-refractivity contribution in [1.29, 1.82) is 0 Å². The first-order valence-electron chi connectivity index (χ1n) is 7.07. The lowest BCUT2D eigenvalue weighted by molar-refractivity contribution is 0.371. The summed E-state index contributed by atoms with van der Waals surface area (Å²) < 4.78 is 2.13. The van der Waals surface area contributed by atoms with Crippen LogP contribution in [0.3, 0.4) is 0 Å². The van der Waals surface area contributed by atoms with Crippen molar-refractivity contribution in [2.24, 2.45) is 11.8 Å².